The lowest BCUT2D eigenvalue weighted by molar-refractivity contribution is -0.155. The van der Waals surface area contributed by atoms with E-state index in [0.29, 0.717) is 24.3 Å². The fraction of sp³-hybridized carbons (Fsp3) is 0.400. The van der Waals surface area contributed by atoms with Crippen LogP contribution in [0, 0.1) is 6.92 Å². The van der Waals surface area contributed by atoms with Gasteiger partial charge in [-0.05, 0) is 80.8 Å². The summed E-state index contributed by atoms with van der Waals surface area (Å²) in [7, 11) is 0. The number of ether oxygens (including phenoxy) is 2. The highest BCUT2D eigenvalue weighted by atomic mass is 19.4. The van der Waals surface area contributed by atoms with Gasteiger partial charge in [-0.1, -0.05) is 18.2 Å². The second kappa shape index (κ2) is 11.2. The van der Waals surface area contributed by atoms with Gasteiger partial charge < -0.3 is 9.47 Å². The first-order valence-corrected chi connectivity index (χ1v) is 12.7. The van der Waals surface area contributed by atoms with Crippen LogP contribution in [-0.4, -0.2) is 34.5 Å². The van der Waals surface area contributed by atoms with Crippen molar-refractivity contribution in [2.75, 3.05) is 13.1 Å². The van der Waals surface area contributed by atoms with Crippen LogP contribution in [-0.2, 0) is 35.3 Å². The monoisotopic (exact) mass is 526 g/mol. The van der Waals surface area contributed by atoms with Gasteiger partial charge in [0.15, 0.2) is 0 Å². The lowest BCUT2D eigenvalue weighted by Gasteiger charge is -2.28. The van der Waals surface area contributed by atoms with E-state index in [-0.39, 0.29) is 12.6 Å². The molecule has 0 radical (unpaired) electrons. The third-order valence-electron chi connectivity index (χ3n) is 6.33. The average Bonchev–Trinajstić information content (AvgIpc) is 2.85. The van der Waals surface area contributed by atoms with Crippen LogP contribution in [0.15, 0.2) is 54.6 Å². The number of hydrogen-bond acceptors (Lipinski definition) is 5. The molecule has 2 heterocycles. The number of rotatable bonds is 7. The minimum Gasteiger partial charge on any atom is -0.489 e. The van der Waals surface area contributed by atoms with Gasteiger partial charge >= 0.3 is 12.1 Å². The maximum atomic E-state index is 12.8. The predicted octanol–water partition coefficient (Wildman–Crippen LogP) is 6.74. The van der Waals surface area contributed by atoms with E-state index in [9.17, 15) is 18.0 Å². The van der Waals surface area contributed by atoms with E-state index in [0.717, 1.165) is 59.7 Å². The molecular weight excluding hydrogens is 493 g/mol. The third kappa shape index (κ3) is 7.34. The fourth-order valence-electron chi connectivity index (χ4n) is 4.39. The third-order valence-corrected chi connectivity index (χ3v) is 6.33. The summed E-state index contributed by atoms with van der Waals surface area (Å²) in [5.41, 5.74) is 4.52. The molecule has 0 spiro atoms. The SMILES string of the molecule is Cc1cc(-c2ccc3c(n2)CCN(CCC(=O)OC(C)(C)C)C3)ccc1OCc1ccc(C(F)(F)F)cc1. The summed E-state index contributed by atoms with van der Waals surface area (Å²) in [6.45, 7) is 9.98. The molecule has 0 aliphatic carbocycles. The standard InChI is InChI=1S/C30H33F3N2O3/c1-20-17-22(8-12-27(20)37-19-21-5-9-24(10-6-21)30(31,32)33)25-11-7-23-18-35(15-13-26(23)34-25)16-14-28(36)38-29(2,3)4/h5-12,17H,13-16,18-19H2,1-4H3. The largest absolute Gasteiger partial charge is 0.489 e. The van der Waals surface area contributed by atoms with Gasteiger partial charge in [0.05, 0.1) is 17.7 Å². The highest BCUT2D eigenvalue weighted by Gasteiger charge is 2.30. The maximum Gasteiger partial charge on any atom is 0.416 e. The molecule has 0 atom stereocenters. The van der Waals surface area contributed by atoms with Crippen molar-refractivity contribution in [1.29, 1.82) is 0 Å². The van der Waals surface area contributed by atoms with Crippen LogP contribution < -0.4 is 4.74 Å². The van der Waals surface area contributed by atoms with Crippen molar-refractivity contribution in [2.24, 2.45) is 0 Å². The summed E-state index contributed by atoms with van der Waals surface area (Å²) in [5, 5.41) is 0. The second-order valence-corrected chi connectivity index (χ2v) is 10.6. The summed E-state index contributed by atoms with van der Waals surface area (Å²) in [6.07, 6.45) is -3.17. The number of carbonyl (C=O) groups is 1. The van der Waals surface area contributed by atoms with Gasteiger partial charge in [-0.3, -0.25) is 14.7 Å². The molecule has 0 bridgehead atoms. The van der Waals surface area contributed by atoms with Crippen LogP contribution in [0.5, 0.6) is 5.75 Å². The molecule has 0 unspecified atom stereocenters. The number of fused-ring (bicyclic) bond motifs is 1. The molecule has 8 heteroatoms. The number of hydrogen-bond donors (Lipinski definition) is 0. The topological polar surface area (TPSA) is 51.7 Å². The Kier molecular flexibility index (Phi) is 8.11. The zero-order valence-corrected chi connectivity index (χ0v) is 22.2. The molecule has 1 aromatic heterocycles. The summed E-state index contributed by atoms with van der Waals surface area (Å²) in [5.74, 6) is 0.492. The Morgan fingerprint density at radius 3 is 2.42 bits per heavy atom. The lowest BCUT2D eigenvalue weighted by atomic mass is 10.0. The maximum absolute atomic E-state index is 12.8. The Morgan fingerprint density at radius 1 is 1.03 bits per heavy atom. The summed E-state index contributed by atoms with van der Waals surface area (Å²) < 4.78 is 49.6. The van der Waals surface area contributed by atoms with Crippen LogP contribution in [0.1, 0.15) is 55.1 Å². The highest BCUT2D eigenvalue weighted by molar-refractivity contribution is 5.70. The van der Waals surface area contributed by atoms with Crippen molar-refractivity contribution in [2.45, 2.75) is 65.5 Å². The number of esters is 1. The van der Waals surface area contributed by atoms with E-state index in [1.165, 1.54) is 12.1 Å². The summed E-state index contributed by atoms with van der Waals surface area (Å²) >= 11 is 0. The number of benzene rings is 2. The van der Waals surface area contributed by atoms with Gasteiger partial charge in [0.2, 0.25) is 0 Å². The molecule has 1 aliphatic heterocycles. The first-order chi connectivity index (χ1) is 17.9. The van der Waals surface area contributed by atoms with Crippen LogP contribution in [0.2, 0.25) is 0 Å². The molecule has 38 heavy (non-hydrogen) atoms. The second-order valence-electron chi connectivity index (χ2n) is 10.6. The molecule has 3 aromatic rings. The smallest absolute Gasteiger partial charge is 0.416 e. The minimum atomic E-state index is -4.35. The Hall–Kier alpha value is -3.39. The van der Waals surface area contributed by atoms with Crippen molar-refractivity contribution >= 4 is 5.97 Å². The zero-order chi connectivity index (χ0) is 27.5. The Labute approximate surface area is 221 Å². The number of aryl methyl sites for hydroxylation is 1. The van der Waals surface area contributed by atoms with Crippen molar-refractivity contribution in [3.8, 4) is 17.0 Å². The van der Waals surface area contributed by atoms with Crippen LogP contribution in [0.3, 0.4) is 0 Å². The molecule has 0 N–H and O–H groups in total. The predicted molar refractivity (Wildman–Crippen MR) is 140 cm³/mol. The Bertz CT molecular complexity index is 1280. The molecule has 5 nitrogen and oxygen atoms in total. The Morgan fingerprint density at radius 2 is 1.76 bits per heavy atom. The summed E-state index contributed by atoms with van der Waals surface area (Å²) in [6, 6.07) is 14.9. The van der Waals surface area contributed by atoms with Crippen LogP contribution in [0.25, 0.3) is 11.3 Å². The molecule has 0 saturated heterocycles. The van der Waals surface area contributed by atoms with Gasteiger partial charge in [0.25, 0.3) is 0 Å². The molecule has 2 aromatic carbocycles. The van der Waals surface area contributed by atoms with Gasteiger partial charge in [0.1, 0.15) is 18.0 Å². The van der Waals surface area contributed by atoms with E-state index in [1.54, 1.807) is 0 Å². The van der Waals surface area contributed by atoms with Crippen molar-refractivity contribution in [3.63, 3.8) is 0 Å². The quantitative estimate of drug-likeness (QED) is 0.319. The highest BCUT2D eigenvalue weighted by Crippen LogP contribution is 2.30. The fourth-order valence-corrected chi connectivity index (χ4v) is 4.39. The molecule has 0 saturated carbocycles. The van der Waals surface area contributed by atoms with Crippen LogP contribution in [0.4, 0.5) is 13.2 Å². The molecular formula is C30H33F3N2O3. The van der Waals surface area contributed by atoms with Gasteiger partial charge in [0, 0.05) is 37.3 Å². The number of alkyl halides is 3. The lowest BCUT2D eigenvalue weighted by Crippen LogP contribution is -2.34. The number of halogens is 3. The van der Waals surface area contributed by atoms with E-state index >= 15 is 0 Å². The summed E-state index contributed by atoms with van der Waals surface area (Å²) in [4.78, 5) is 19.2. The first kappa shape index (κ1) is 27.6. The number of pyridine rings is 1. The first-order valence-electron chi connectivity index (χ1n) is 12.7. The van der Waals surface area contributed by atoms with Crippen LogP contribution >= 0.6 is 0 Å². The van der Waals surface area contributed by atoms with E-state index in [1.807, 2.05) is 52.0 Å². The van der Waals surface area contributed by atoms with Crippen molar-refractivity contribution in [3.05, 3.63) is 82.5 Å². The zero-order valence-electron chi connectivity index (χ0n) is 22.2. The Balaban J connectivity index is 1.35. The van der Waals surface area contributed by atoms with Crippen molar-refractivity contribution < 1.29 is 27.4 Å². The van der Waals surface area contributed by atoms with Crippen molar-refractivity contribution in [1.82, 2.24) is 9.88 Å². The van der Waals surface area contributed by atoms with Gasteiger partial charge in [-0.25, -0.2) is 0 Å². The molecule has 0 amide bonds. The minimum absolute atomic E-state index is 0.180. The molecule has 0 fully saturated rings. The van der Waals surface area contributed by atoms with Gasteiger partial charge in [-0.15, -0.1) is 0 Å². The average molecular weight is 527 g/mol. The van der Waals surface area contributed by atoms with E-state index in [2.05, 4.69) is 11.0 Å². The van der Waals surface area contributed by atoms with Gasteiger partial charge in [-0.2, -0.15) is 13.2 Å². The van der Waals surface area contributed by atoms with E-state index < -0.39 is 17.3 Å². The number of carbonyl (C=O) groups excluding carboxylic acids is 1. The number of nitrogens with zero attached hydrogens (tertiary/aromatic N) is 2. The number of aromatic nitrogens is 1. The normalized spacial score (nSPS) is 14.2. The molecule has 4 rings (SSSR count). The molecule has 1 aliphatic rings. The molecule has 202 valence electrons. The van der Waals surface area contributed by atoms with E-state index in [4.69, 9.17) is 14.5 Å².